The highest BCUT2D eigenvalue weighted by molar-refractivity contribution is 5.86. The molecule has 0 aliphatic carbocycles. The Balaban J connectivity index is 1.61. The van der Waals surface area contributed by atoms with Gasteiger partial charge in [0.05, 0.1) is 0 Å². The first-order valence-corrected chi connectivity index (χ1v) is 9.09. The maximum atomic E-state index is 12.6. The van der Waals surface area contributed by atoms with E-state index in [2.05, 4.69) is 20.2 Å². The number of benzene rings is 1. The number of aliphatic carboxylic acids is 1. The zero-order valence-corrected chi connectivity index (χ0v) is 15.6. The largest absolute Gasteiger partial charge is 0.479 e. The van der Waals surface area contributed by atoms with E-state index in [1.54, 1.807) is 24.3 Å². The zero-order valence-electron chi connectivity index (χ0n) is 15.6. The molecular formula is C20H24N4O3. The van der Waals surface area contributed by atoms with E-state index in [9.17, 15) is 14.7 Å². The Labute approximate surface area is 158 Å². The molecule has 142 valence electrons. The van der Waals surface area contributed by atoms with Gasteiger partial charge >= 0.3 is 5.97 Å². The molecule has 2 heterocycles. The predicted molar refractivity (Wildman–Crippen MR) is 101 cm³/mol. The minimum atomic E-state index is -1.06. The second-order valence-electron chi connectivity index (χ2n) is 6.90. The Morgan fingerprint density at radius 1 is 1.11 bits per heavy atom. The number of carboxylic acids is 1. The molecule has 7 nitrogen and oxygen atoms in total. The molecule has 1 fully saturated rings. The van der Waals surface area contributed by atoms with Crippen molar-refractivity contribution in [2.24, 2.45) is 5.92 Å². The summed E-state index contributed by atoms with van der Waals surface area (Å²) in [6, 6.07) is 9.66. The average molecular weight is 368 g/mol. The third-order valence-electron chi connectivity index (χ3n) is 4.79. The number of amides is 1. The standard InChI is InChI=1S/C20H24N4O3/c1-13-12-14(2)22-20(21-13)24-10-8-16(9-11-24)18(25)23-17(19(26)27)15-6-4-3-5-7-15/h3-7,12,16-17H,8-11H2,1-2H3,(H,23,25)(H,26,27)/t17-/m0/s1. The number of nitrogens with zero attached hydrogens (tertiary/aromatic N) is 3. The van der Waals surface area contributed by atoms with Crippen LogP contribution in [0.4, 0.5) is 5.95 Å². The van der Waals surface area contributed by atoms with Crippen LogP contribution in [0.5, 0.6) is 0 Å². The lowest BCUT2D eigenvalue weighted by Crippen LogP contribution is -2.43. The fourth-order valence-electron chi connectivity index (χ4n) is 3.38. The molecule has 0 radical (unpaired) electrons. The summed E-state index contributed by atoms with van der Waals surface area (Å²) >= 11 is 0. The fraction of sp³-hybridized carbons (Fsp3) is 0.400. The van der Waals surface area contributed by atoms with Gasteiger partial charge in [-0.15, -0.1) is 0 Å². The van der Waals surface area contributed by atoms with Crippen LogP contribution < -0.4 is 10.2 Å². The van der Waals surface area contributed by atoms with Crippen molar-refractivity contribution in [2.75, 3.05) is 18.0 Å². The molecule has 7 heteroatoms. The molecule has 3 rings (SSSR count). The van der Waals surface area contributed by atoms with Crippen molar-refractivity contribution >= 4 is 17.8 Å². The molecule has 1 amide bonds. The Morgan fingerprint density at radius 3 is 2.26 bits per heavy atom. The first-order valence-electron chi connectivity index (χ1n) is 9.09. The second kappa shape index (κ2) is 8.16. The van der Waals surface area contributed by atoms with Gasteiger partial charge in [0.25, 0.3) is 0 Å². The normalized spacial score (nSPS) is 16.0. The lowest BCUT2D eigenvalue weighted by Gasteiger charge is -2.32. The molecule has 0 spiro atoms. The van der Waals surface area contributed by atoms with Crippen molar-refractivity contribution in [1.29, 1.82) is 0 Å². The highest BCUT2D eigenvalue weighted by Gasteiger charge is 2.30. The summed E-state index contributed by atoms with van der Waals surface area (Å²) < 4.78 is 0. The van der Waals surface area contributed by atoms with Crippen molar-refractivity contribution in [2.45, 2.75) is 32.7 Å². The topological polar surface area (TPSA) is 95.4 Å². The van der Waals surface area contributed by atoms with Gasteiger partial charge in [-0.05, 0) is 38.3 Å². The van der Waals surface area contributed by atoms with E-state index in [1.165, 1.54) is 0 Å². The first kappa shape index (κ1) is 18.8. The van der Waals surface area contributed by atoms with Gasteiger partial charge in [0.15, 0.2) is 6.04 Å². The van der Waals surface area contributed by atoms with E-state index in [0.717, 1.165) is 11.4 Å². The van der Waals surface area contributed by atoms with Gasteiger partial charge in [-0.1, -0.05) is 30.3 Å². The molecule has 2 aromatic rings. The summed E-state index contributed by atoms with van der Waals surface area (Å²) in [5, 5.41) is 12.2. The number of anilines is 1. The number of rotatable bonds is 5. The SMILES string of the molecule is Cc1cc(C)nc(N2CCC(C(=O)N[C@H](C(=O)O)c3ccccc3)CC2)n1. The molecule has 2 N–H and O–H groups in total. The molecule has 1 aliphatic rings. The van der Waals surface area contributed by atoms with Crippen LogP contribution in [0.2, 0.25) is 0 Å². The number of hydrogen-bond donors (Lipinski definition) is 2. The molecule has 1 aromatic heterocycles. The average Bonchev–Trinajstić information content (AvgIpc) is 2.65. The molecule has 0 unspecified atom stereocenters. The van der Waals surface area contributed by atoms with E-state index in [1.807, 2.05) is 26.0 Å². The van der Waals surface area contributed by atoms with Crippen molar-refractivity contribution < 1.29 is 14.7 Å². The van der Waals surface area contributed by atoms with Crippen LogP contribution in [0.25, 0.3) is 0 Å². The number of piperidine rings is 1. The van der Waals surface area contributed by atoms with E-state index in [-0.39, 0.29) is 11.8 Å². The smallest absolute Gasteiger partial charge is 0.330 e. The van der Waals surface area contributed by atoms with Crippen molar-refractivity contribution in [3.63, 3.8) is 0 Å². The molecule has 1 aliphatic heterocycles. The van der Waals surface area contributed by atoms with E-state index in [0.29, 0.717) is 37.4 Å². The zero-order chi connectivity index (χ0) is 19.4. The van der Waals surface area contributed by atoms with Gasteiger partial charge in [0.1, 0.15) is 0 Å². The van der Waals surface area contributed by atoms with Crippen LogP contribution in [0, 0.1) is 19.8 Å². The Kier molecular flexibility index (Phi) is 5.69. The maximum absolute atomic E-state index is 12.6. The van der Waals surface area contributed by atoms with Crippen LogP contribution in [0.1, 0.15) is 35.8 Å². The van der Waals surface area contributed by atoms with Gasteiger partial charge in [-0.3, -0.25) is 4.79 Å². The van der Waals surface area contributed by atoms with E-state index in [4.69, 9.17) is 0 Å². The minimum Gasteiger partial charge on any atom is -0.479 e. The molecule has 0 saturated carbocycles. The number of carbonyl (C=O) groups is 2. The lowest BCUT2D eigenvalue weighted by atomic mass is 9.95. The Morgan fingerprint density at radius 2 is 1.70 bits per heavy atom. The van der Waals surface area contributed by atoms with E-state index < -0.39 is 12.0 Å². The van der Waals surface area contributed by atoms with Crippen LogP contribution in [0.15, 0.2) is 36.4 Å². The van der Waals surface area contributed by atoms with Crippen LogP contribution in [-0.2, 0) is 9.59 Å². The predicted octanol–water partition coefficient (Wildman–Crippen LogP) is 2.25. The monoisotopic (exact) mass is 368 g/mol. The van der Waals surface area contributed by atoms with Crippen LogP contribution in [-0.4, -0.2) is 40.0 Å². The molecule has 27 heavy (non-hydrogen) atoms. The third kappa shape index (κ3) is 4.61. The number of nitrogens with one attached hydrogen (secondary N) is 1. The Bertz CT molecular complexity index is 797. The minimum absolute atomic E-state index is 0.210. The summed E-state index contributed by atoms with van der Waals surface area (Å²) in [5.41, 5.74) is 2.41. The molecule has 1 saturated heterocycles. The van der Waals surface area contributed by atoms with Crippen LogP contribution in [0.3, 0.4) is 0 Å². The number of aryl methyl sites for hydroxylation is 2. The number of carbonyl (C=O) groups excluding carboxylic acids is 1. The summed E-state index contributed by atoms with van der Waals surface area (Å²) in [4.78, 5) is 35.2. The van der Waals surface area contributed by atoms with Crippen molar-refractivity contribution in [3.8, 4) is 0 Å². The third-order valence-corrected chi connectivity index (χ3v) is 4.79. The van der Waals surface area contributed by atoms with Gasteiger partial charge < -0.3 is 15.3 Å². The molecule has 1 atom stereocenters. The van der Waals surface area contributed by atoms with Gasteiger partial charge in [-0.2, -0.15) is 0 Å². The molecule has 0 bridgehead atoms. The number of hydrogen-bond acceptors (Lipinski definition) is 5. The van der Waals surface area contributed by atoms with Gasteiger partial charge in [0, 0.05) is 30.4 Å². The molecule has 1 aromatic carbocycles. The summed E-state index contributed by atoms with van der Waals surface area (Å²) in [6.07, 6.45) is 1.28. The van der Waals surface area contributed by atoms with Gasteiger partial charge in [0.2, 0.25) is 11.9 Å². The highest BCUT2D eigenvalue weighted by atomic mass is 16.4. The van der Waals surface area contributed by atoms with Gasteiger partial charge in [-0.25, -0.2) is 14.8 Å². The van der Waals surface area contributed by atoms with Crippen LogP contribution >= 0.6 is 0 Å². The summed E-state index contributed by atoms with van der Waals surface area (Å²) in [6.45, 7) is 5.22. The second-order valence-corrected chi connectivity index (χ2v) is 6.90. The number of aromatic nitrogens is 2. The summed E-state index contributed by atoms with van der Waals surface area (Å²) in [7, 11) is 0. The number of carboxylic acid groups (broad SMARTS) is 1. The first-order chi connectivity index (χ1) is 12.9. The van der Waals surface area contributed by atoms with Crippen molar-refractivity contribution in [1.82, 2.24) is 15.3 Å². The van der Waals surface area contributed by atoms with E-state index >= 15 is 0 Å². The quantitative estimate of drug-likeness (QED) is 0.840. The lowest BCUT2D eigenvalue weighted by molar-refractivity contribution is -0.142. The summed E-state index contributed by atoms with van der Waals surface area (Å²) in [5.74, 6) is -0.792. The molecular weight excluding hydrogens is 344 g/mol. The highest BCUT2D eigenvalue weighted by Crippen LogP contribution is 2.23. The maximum Gasteiger partial charge on any atom is 0.330 e. The van der Waals surface area contributed by atoms with Crippen molar-refractivity contribution in [3.05, 3.63) is 53.3 Å². The fourth-order valence-corrected chi connectivity index (χ4v) is 3.38. The Hall–Kier alpha value is -2.96.